The minimum atomic E-state index is 0.617. The first kappa shape index (κ1) is 16.7. The number of aromatic nitrogens is 1. The van der Waals surface area contributed by atoms with Crippen LogP contribution in [0, 0.1) is 0 Å². The van der Waals surface area contributed by atoms with Gasteiger partial charge in [-0.25, -0.2) is 4.98 Å². The molecule has 0 saturated heterocycles. The predicted molar refractivity (Wildman–Crippen MR) is 90.1 cm³/mol. The van der Waals surface area contributed by atoms with Gasteiger partial charge in [-0.15, -0.1) is 11.3 Å². The van der Waals surface area contributed by atoms with Crippen LogP contribution in [0.15, 0.2) is 0 Å². The van der Waals surface area contributed by atoms with Crippen molar-refractivity contribution < 1.29 is 4.74 Å². The van der Waals surface area contributed by atoms with E-state index in [9.17, 15) is 0 Å². The largest absolute Gasteiger partial charge is 0.378 e. The third-order valence-corrected chi connectivity index (χ3v) is 4.88. The highest BCUT2D eigenvalue weighted by Gasteiger charge is 2.31. The molecule has 21 heavy (non-hydrogen) atoms. The van der Waals surface area contributed by atoms with E-state index < -0.39 is 0 Å². The first-order chi connectivity index (χ1) is 10.3. The van der Waals surface area contributed by atoms with E-state index >= 15 is 0 Å². The number of anilines is 1. The van der Waals surface area contributed by atoms with E-state index in [-0.39, 0.29) is 0 Å². The van der Waals surface area contributed by atoms with Crippen molar-refractivity contribution in [3.05, 3.63) is 10.6 Å². The van der Waals surface area contributed by atoms with Gasteiger partial charge in [0.25, 0.3) is 0 Å². The smallest absolute Gasteiger partial charge is 0.186 e. The zero-order valence-corrected chi connectivity index (χ0v) is 14.5. The monoisotopic (exact) mass is 311 g/mol. The minimum Gasteiger partial charge on any atom is -0.378 e. The highest BCUT2D eigenvalue weighted by atomic mass is 32.1. The summed E-state index contributed by atoms with van der Waals surface area (Å²) in [6, 6.07) is 0.731. The molecule has 1 saturated carbocycles. The SMILES string of the molecule is CCCCN(c1nc(COC)c(CNCCC)s1)C1CC1. The van der Waals surface area contributed by atoms with Crippen LogP contribution in [0.1, 0.15) is 56.5 Å². The van der Waals surface area contributed by atoms with Crippen LogP contribution in [-0.2, 0) is 17.9 Å². The molecule has 1 aliphatic rings. The lowest BCUT2D eigenvalue weighted by Gasteiger charge is -2.20. The molecule has 0 amide bonds. The number of nitrogens with one attached hydrogen (secondary N) is 1. The molecular weight excluding hydrogens is 282 g/mol. The van der Waals surface area contributed by atoms with E-state index in [0.29, 0.717) is 6.61 Å². The van der Waals surface area contributed by atoms with Gasteiger partial charge in [0, 0.05) is 31.1 Å². The minimum absolute atomic E-state index is 0.617. The fourth-order valence-electron chi connectivity index (χ4n) is 2.41. The van der Waals surface area contributed by atoms with Crippen LogP contribution in [0.2, 0.25) is 0 Å². The summed E-state index contributed by atoms with van der Waals surface area (Å²) in [5, 5.41) is 4.69. The molecule has 0 aliphatic heterocycles. The third kappa shape index (κ3) is 4.94. The zero-order valence-electron chi connectivity index (χ0n) is 13.7. The standard InChI is InChI=1S/C16H29N3OS/c1-4-6-10-19(13-7-8-13)16-18-14(12-20-3)15(21-16)11-17-9-5-2/h13,17H,4-12H2,1-3H3. The van der Waals surface area contributed by atoms with Gasteiger partial charge in [-0.3, -0.25) is 0 Å². The average Bonchev–Trinajstić information content (AvgIpc) is 3.24. The van der Waals surface area contributed by atoms with Crippen molar-refractivity contribution in [2.45, 2.75) is 65.1 Å². The van der Waals surface area contributed by atoms with Crippen LogP contribution in [0.3, 0.4) is 0 Å². The van der Waals surface area contributed by atoms with Crippen molar-refractivity contribution in [3.8, 4) is 0 Å². The van der Waals surface area contributed by atoms with E-state index in [1.807, 2.05) is 11.3 Å². The fraction of sp³-hybridized carbons (Fsp3) is 0.812. The van der Waals surface area contributed by atoms with Crippen LogP contribution in [0.25, 0.3) is 0 Å². The molecule has 1 heterocycles. The van der Waals surface area contributed by atoms with Crippen molar-refractivity contribution in [1.29, 1.82) is 0 Å². The second-order valence-corrected chi connectivity index (χ2v) is 6.82. The lowest BCUT2D eigenvalue weighted by atomic mass is 10.3. The maximum Gasteiger partial charge on any atom is 0.186 e. The maximum atomic E-state index is 5.32. The van der Waals surface area contributed by atoms with Crippen LogP contribution in [0.4, 0.5) is 5.13 Å². The third-order valence-electron chi connectivity index (χ3n) is 3.75. The highest BCUT2D eigenvalue weighted by Crippen LogP contribution is 2.35. The Bertz CT molecular complexity index is 418. The topological polar surface area (TPSA) is 37.4 Å². The Balaban J connectivity index is 2.07. The molecule has 0 unspecified atom stereocenters. The van der Waals surface area contributed by atoms with Crippen molar-refractivity contribution in [1.82, 2.24) is 10.3 Å². The summed E-state index contributed by atoms with van der Waals surface area (Å²) >= 11 is 1.85. The van der Waals surface area contributed by atoms with Crippen molar-refractivity contribution >= 4 is 16.5 Å². The molecule has 4 nitrogen and oxygen atoms in total. The Kier molecular flexibility index (Phi) is 6.93. The molecule has 2 rings (SSSR count). The second kappa shape index (κ2) is 8.71. The molecule has 1 fully saturated rings. The molecular formula is C16H29N3OS. The summed E-state index contributed by atoms with van der Waals surface area (Å²) in [5.74, 6) is 0. The predicted octanol–water partition coefficient (Wildman–Crippen LogP) is 3.56. The molecule has 5 heteroatoms. The van der Waals surface area contributed by atoms with Gasteiger partial charge < -0.3 is 15.0 Å². The van der Waals surface area contributed by atoms with Crippen LogP contribution in [0.5, 0.6) is 0 Å². The van der Waals surface area contributed by atoms with Gasteiger partial charge in [0.1, 0.15) is 0 Å². The normalized spacial score (nSPS) is 14.6. The molecule has 1 aromatic heterocycles. The summed E-state index contributed by atoms with van der Waals surface area (Å²) in [4.78, 5) is 8.73. The Morgan fingerprint density at radius 1 is 1.33 bits per heavy atom. The van der Waals surface area contributed by atoms with Gasteiger partial charge in [-0.1, -0.05) is 20.3 Å². The van der Waals surface area contributed by atoms with Gasteiger partial charge in [-0.2, -0.15) is 0 Å². The van der Waals surface area contributed by atoms with Gasteiger partial charge in [0.05, 0.1) is 12.3 Å². The van der Waals surface area contributed by atoms with E-state index in [0.717, 1.165) is 37.8 Å². The first-order valence-corrected chi connectivity index (χ1v) is 9.06. The lowest BCUT2D eigenvalue weighted by molar-refractivity contribution is 0.181. The Hall–Kier alpha value is -0.650. The lowest BCUT2D eigenvalue weighted by Crippen LogP contribution is -2.26. The summed E-state index contributed by atoms with van der Waals surface area (Å²) in [6.07, 6.45) is 6.30. The number of thiazole rings is 1. The summed E-state index contributed by atoms with van der Waals surface area (Å²) in [5.41, 5.74) is 1.11. The number of rotatable bonds is 11. The molecule has 0 radical (unpaired) electrons. The molecule has 0 atom stereocenters. The number of unbranched alkanes of at least 4 members (excludes halogenated alkanes) is 1. The van der Waals surface area contributed by atoms with E-state index in [1.165, 1.54) is 35.7 Å². The summed E-state index contributed by atoms with van der Waals surface area (Å²) < 4.78 is 5.32. The molecule has 1 aliphatic carbocycles. The zero-order chi connectivity index (χ0) is 15.1. The van der Waals surface area contributed by atoms with Crippen molar-refractivity contribution in [3.63, 3.8) is 0 Å². The number of hydrogen-bond acceptors (Lipinski definition) is 5. The Morgan fingerprint density at radius 2 is 2.14 bits per heavy atom. The molecule has 0 bridgehead atoms. The van der Waals surface area contributed by atoms with Gasteiger partial charge >= 0.3 is 0 Å². The number of ether oxygens (including phenoxy) is 1. The first-order valence-electron chi connectivity index (χ1n) is 8.25. The maximum absolute atomic E-state index is 5.32. The summed E-state index contributed by atoms with van der Waals surface area (Å²) in [7, 11) is 1.75. The number of hydrogen-bond donors (Lipinski definition) is 1. The van der Waals surface area contributed by atoms with Crippen LogP contribution >= 0.6 is 11.3 Å². The van der Waals surface area contributed by atoms with Gasteiger partial charge in [0.2, 0.25) is 0 Å². The average molecular weight is 311 g/mol. The molecule has 0 aromatic carbocycles. The van der Waals surface area contributed by atoms with Crippen molar-refractivity contribution in [2.24, 2.45) is 0 Å². The molecule has 1 aromatic rings. The highest BCUT2D eigenvalue weighted by molar-refractivity contribution is 7.15. The molecule has 0 spiro atoms. The number of nitrogens with zero attached hydrogens (tertiary/aromatic N) is 2. The molecule has 120 valence electrons. The van der Waals surface area contributed by atoms with E-state index in [4.69, 9.17) is 9.72 Å². The van der Waals surface area contributed by atoms with Crippen LogP contribution in [-0.4, -0.2) is 31.2 Å². The summed E-state index contributed by atoms with van der Waals surface area (Å²) in [6.45, 7) is 8.18. The second-order valence-electron chi connectivity index (χ2n) is 5.75. The number of methoxy groups -OCH3 is 1. The van der Waals surface area contributed by atoms with Gasteiger partial charge in [-0.05, 0) is 32.2 Å². The van der Waals surface area contributed by atoms with Gasteiger partial charge in [0.15, 0.2) is 5.13 Å². The van der Waals surface area contributed by atoms with Crippen molar-refractivity contribution in [2.75, 3.05) is 25.1 Å². The van der Waals surface area contributed by atoms with E-state index in [1.54, 1.807) is 7.11 Å². The fourth-order valence-corrected chi connectivity index (χ4v) is 3.54. The Labute approximate surface area is 132 Å². The molecule has 1 N–H and O–H groups in total. The Morgan fingerprint density at radius 3 is 2.76 bits per heavy atom. The van der Waals surface area contributed by atoms with Crippen LogP contribution < -0.4 is 10.2 Å². The van der Waals surface area contributed by atoms with E-state index in [2.05, 4.69) is 24.1 Å². The quantitative estimate of drug-likeness (QED) is 0.634.